The van der Waals surface area contributed by atoms with Crippen molar-refractivity contribution < 1.29 is 13.2 Å². The number of pyridine rings is 1. The minimum Gasteiger partial charge on any atom is -0.315 e. The summed E-state index contributed by atoms with van der Waals surface area (Å²) in [7, 11) is 0. The van der Waals surface area contributed by atoms with Crippen molar-refractivity contribution in [2.45, 2.75) is 23.4 Å². The summed E-state index contributed by atoms with van der Waals surface area (Å²) in [5.41, 5.74) is 1.67. The maximum Gasteiger partial charge on any atom is 0.446 e. The van der Waals surface area contributed by atoms with Crippen LogP contribution in [0.2, 0.25) is 0 Å². The topological polar surface area (TPSA) is 56.4 Å². The minimum absolute atomic E-state index is 0.112. The molecule has 0 radical (unpaired) electrons. The van der Waals surface area contributed by atoms with E-state index in [9.17, 15) is 18.4 Å². The van der Waals surface area contributed by atoms with Crippen molar-refractivity contribution in [1.82, 2.24) is 19.6 Å². The standard InChI is InChI=1S/C27H24F3N5S/c28-27(29,30)36-23-9-6-20(7-10-23)22-8-11-25-33-26(21-4-2-19(16-31)3-5-21)24(35(25)17-22)18-34-14-1-12-32-13-15-34/h2-11,17,32H,1,12-15,18H2. The Bertz CT molecular complexity index is 1380. The van der Waals surface area contributed by atoms with E-state index in [0.29, 0.717) is 12.1 Å². The maximum absolute atomic E-state index is 12.7. The molecule has 0 spiro atoms. The highest BCUT2D eigenvalue weighted by molar-refractivity contribution is 8.00. The molecule has 1 N–H and O–H groups in total. The molecule has 0 unspecified atom stereocenters. The molecule has 0 amide bonds. The van der Waals surface area contributed by atoms with Crippen LogP contribution in [0.25, 0.3) is 28.0 Å². The van der Waals surface area contributed by atoms with Gasteiger partial charge in [-0.05, 0) is 78.8 Å². The molecule has 1 fully saturated rings. The highest BCUT2D eigenvalue weighted by Gasteiger charge is 2.29. The first-order chi connectivity index (χ1) is 17.4. The van der Waals surface area contributed by atoms with E-state index in [1.165, 1.54) is 12.1 Å². The molecule has 36 heavy (non-hydrogen) atoms. The summed E-state index contributed by atoms with van der Waals surface area (Å²) in [6.45, 7) is 4.54. The highest BCUT2D eigenvalue weighted by atomic mass is 32.2. The first-order valence-corrected chi connectivity index (χ1v) is 12.5. The van der Waals surface area contributed by atoms with E-state index in [4.69, 9.17) is 4.98 Å². The molecule has 5 nitrogen and oxygen atoms in total. The fraction of sp³-hybridized carbons (Fsp3) is 0.259. The second kappa shape index (κ2) is 10.3. The number of fused-ring (bicyclic) bond motifs is 1. The number of hydrogen-bond acceptors (Lipinski definition) is 5. The third-order valence-corrected chi connectivity index (χ3v) is 6.97. The lowest BCUT2D eigenvalue weighted by Gasteiger charge is -2.20. The molecule has 2 aromatic heterocycles. The molecule has 9 heteroatoms. The fourth-order valence-electron chi connectivity index (χ4n) is 4.47. The smallest absolute Gasteiger partial charge is 0.315 e. The molecule has 4 aromatic rings. The Labute approximate surface area is 211 Å². The molecule has 1 aliphatic heterocycles. The molecular weight excluding hydrogens is 483 g/mol. The van der Waals surface area contributed by atoms with Crippen LogP contribution in [0.1, 0.15) is 17.7 Å². The molecule has 0 aliphatic carbocycles. The van der Waals surface area contributed by atoms with Gasteiger partial charge in [-0.1, -0.05) is 24.3 Å². The summed E-state index contributed by atoms with van der Waals surface area (Å²) in [6, 6.07) is 19.9. The van der Waals surface area contributed by atoms with Gasteiger partial charge in [-0.15, -0.1) is 0 Å². The third-order valence-electron chi connectivity index (χ3n) is 6.23. The number of nitrogens with one attached hydrogen (secondary N) is 1. The Balaban J connectivity index is 1.55. The molecule has 0 saturated carbocycles. The van der Waals surface area contributed by atoms with Crippen LogP contribution in [0.4, 0.5) is 13.2 Å². The Morgan fingerprint density at radius 2 is 1.64 bits per heavy atom. The minimum atomic E-state index is -4.31. The number of aromatic nitrogens is 2. The number of thioether (sulfide) groups is 1. The van der Waals surface area contributed by atoms with E-state index in [2.05, 4.69) is 20.7 Å². The lowest BCUT2D eigenvalue weighted by molar-refractivity contribution is -0.0328. The van der Waals surface area contributed by atoms with Crippen molar-refractivity contribution in [3.05, 3.63) is 78.1 Å². The Morgan fingerprint density at radius 1 is 0.917 bits per heavy atom. The zero-order valence-corrected chi connectivity index (χ0v) is 20.2. The summed E-state index contributed by atoms with van der Waals surface area (Å²) in [6.07, 6.45) is 3.07. The number of benzene rings is 2. The van der Waals surface area contributed by atoms with Crippen LogP contribution in [0.3, 0.4) is 0 Å². The van der Waals surface area contributed by atoms with Crippen molar-refractivity contribution in [2.24, 2.45) is 0 Å². The van der Waals surface area contributed by atoms with Crippen LogP contribution < -0.4 is 5.32 Å². The van der Waals surface area contributed by atoms with Crippen molar-refractivity contribution >= 4 is 17.4 Å². The van der Waals surface area contributed by atoms with Gasteiger partial charge in [0, 0.05) is 36.3 Å². The maximum atomic E-state index is 12.7. The van der Waals surface area contributed by atoms with Crippen LogP contribution in [0.5, 0.6) is 0 Å². The molecular formula is C27H24F3N5S. The first kappa shape index (κ1) is 24.4. The monoisotopic (exact) mass is 507 g/mol. The van der Waals surface area contributed by atoms with Crippen molar-refractivity contribution in [1.29, 1.82) is 5.26 Å². The van der Waals surface area contributed by atoms with E-state index < -0.39 is 5.51 Å². The molecule has 2 aromatic carbocycles. The first-order valence-electron chi connectivity index (χ1n) is 11.7. The Morgan fingerprint density at radius 3 is 2.36 bits per heavy atom. The lowest BCUT2D eigenvalue weighted by atomic mass is 10.1. The predicted octanol–water partition coefficient (Wildman–Crippen LogP) is 5.95. The number of nitrogens with zero attached hydrogens (tertiary/aromatic N) is 4. The SMILES string of the molecule is N#Cc1ccc(-c2nc3ccc(-c4ccc(SC(F)(F)F)cc4)cn3c2CN2CCCNCC2)cc1. The fourth-order valence-corrected chi connectivity index (χ4v) is 5.01. The number of hydrogen-bond donors (Lipinski definition) is 1. The molecule has 3 heterocycles. The van der Waals surface area contributed by atoms with Crippen molar-refractivity contribution in [3.63, 3.8) is 0 Å². The third kappa shape index (κ3) is 5.57. The highest BCUT2D eigenvalue weighted by Crippen LogP contribution is 2.37. The number of imidazole rings is 1. The molecule has 1 saturated heterocycles. The van der Waals surface area contributed by atoms with Crippen LogP contribution >= 0.6 is 11.8 Å². The van der Waals surface area contributed by atoms with E-state index in [1.54, 1.807) is 24.3 Å². The van der Waals surface area contributed by atoms with Crippen LogP contribution in [0.15, 0.2) is 71.8 Å². The van der Waals surface area contributed by atoms with Gasteiger partial charge in [0.25, 0.3) is 0 Å². The van der Waals surface area contributed by atoms with Crippen molar-refractivity contribution in [2.75, 3.05) is 26.2 Å². The van der Waals surface area contributed by atoms with E-state index >= 15 is 0 Å². The largest absolute Gasteiger partial charge is 0.446 e. The van der Waals surface area contributed by atoms with E-state index in [-0.39, 0.29) is 16.7 Å². The molecule has 1 aliphatic rings. The normalized spacial score (nSPS) is 15.1. The van der Waals surface area contributed by atoms with Gasteiger partial charge in [0.15, 0.2) is 0 Å². The number of rotatable bonds is 5. The summed E-state index contributed by atoms with van der Waals surface area (Å²) in [4.78, 5) is 7.50. The predicted molar refractivity (Wildman–Crippen MR) is 135 cm³/mol. The number of halogens is 3. The molecule has 0 bridgehead atoms. The average Bonchev–Trinajstić information content (AvgIpc) is 3.02. The van der Waals surface area contributed by atoms with Gasteiger partial charge >= 0.3 is 5.51 Å². The van der Waals surface area contributed by atoms with Gasteiger partial charge in [-0.2, -0.15) is 18.4 Å². The number of alkyl halides is 3. The summed E-state index contributed by atoms with van der Waals surface area (Å²) in [5.74, 6) is 0. The van der Waals surface area contributed by atoms with Crippen LogP contribution in [-0.4, -0.2) is 46.0 Å². The van der Waals surface area contributed by atoms with Gasteiger partial charge < -0.3 is 9.72 Å². The Kier molecular flexibility index (Phi) is 7.01. The zero-order valence-electron chi connectivity index (χ0n) is 19.4. The quantitative estimate of drug-likeness (QED) is 0.339. The number of nitriles is 1. The van der Waals surface area contributed by atoms with E-state index in [1.807, 2.05) is 30.5 Å². The van der Waals surface area contributed by atoms with Crippen molar-refractivity contribution in [3.8, 4) is 28.5 Å². The second-order valence-electron chi connectivity index (χ2n) is 8.69. The lowest BCUT2D eigenvalue weighted by Crippen LogP contribution is -2.28. The average molecular weight is 508 g/mol. The van der Waals surface area contributed by atoms with E-state index in [0.717, 1.165) is 66.3 Å². The zero-order chi connectivity index (χ0) is 25.1. The second-order valence-corrected chi connectivity index (χ2v) is 9.83. The van der Waals surface area contributed by atoms with Gasteiger partial charge in [-0.3, -0.25) is 4.90 Å². The van der Waals surface area contributed by atoms with Crippen LogP contribution in [0, 0.1) is 11.3 Å². The molecule has 5 rings (SSSR count). The molecule has 0 atom stereocenters. The van der Waals surface area contributed by atoms with Crippen LogP contribution in [-0.2, 0) is 6.54 Å². The van der Waals surface area contributed by atoms with Gasteiger partial charge in [-0.25, -0.2) is 4.98 Å². The summed E-state index contributed by atoms with van der Waals surface area (Å²) >= 11 is -0.112. The Hall–Kier alpha value is -3.32. The van der Waals surface area contributed by atoms with Gasteiger partial charge in [0.05, 0.1) is 23.0 Å². The van der Waals surface area contributed by atoms with Gasteiger partial charge in [0.1, 0.15) is 5.65 Å². The summed E-state index contributed by atoms with van der Waals surface area (Å²) in [5, 5.41) is 12.6. The van der Waals surface area contributed by atoms with Gasteiger partial charge in [0.2, 0.25) is 0 Å². The molecule has 184 valence electrons. The summed E-state index contributed by atoms with van der Waals surface area (Å²) < 4.78 is 40.2.